The fraction of sp³-hybridized carbons (Fsp3) is 0.462. The highest BCUT2D eigenvalue weighted by atomic mass is 32.2. The highest BCUT2D eigenvalue weighted by Gasteiger charge is 2.17. The van der Waals surface area contributed by atoms with E-state index in [-0.39, 0.29) is 5.75 Å². The van der Waals surface area contributed by atoms with Gasteiger partial charge in [-0.25, -0.2) is 4.98 Å². The Hall–Kier alpha value is -1.96. The van der Waals surface area contributed by atoms with Crippen molar-refractivity contribution in [3.05, 3.63) is 18.1 Å². The van der Waals surface area contributed by atoms with Gasteiger partial charge < -0.3 is 9.67 Å². The van der Waals surface area contributed by atoms with Crippen LogP contribution in [0.15, 0.2) is 17.6 Å². The summed E-state index contributed by atoms with van der Waals surface area (Å²) < 4.78 is 1.90. The van der Waals surface area contributed by atoms with Crippen LogP contribution in [0.1, 0.15) is 19.5 Å². The molecule has 0 radical (unpaired) electrons. The molecule has 2 aromatic rings. The van der Waals surface area contributed by atoms with Gasteiger partial charge in [-0.2, -0.15) is 0 Å². The third-order valence-corrected chi connectivity index (χ3v) is 3.55. The molecule has 112 valence electrons. The maximum atomic E-state index is 10.7. The largest absolute Gasteiger partial charge is 0.481 e. The van der Waals surface area contributed by atoms with E-state index in [4.69, 9.17) is 5.11 Å². The van der Waals surface area contributed by atoms with Crippen LogP contribution in [0.5, 0.6) is 0 Å². The molecular formula is C13H17N5O2S. The lowest BCUT2D eigenvalue weighted by molar-refractivity contribution is -0.133. The number of carboxylic acid groups (broad SMARTS) is 1. The Bertz CT molecular complexity index is 624. The summed E-state index contributed by atoms with van der Waals surface area (Å²) in [6.45, 7) is 6.72. The molecule has 2 rings (SSSR count). The normalized spacial score (nSPS) is 11.0. The minimum absolute atomic E-state index is 0.0458. The lowest BCUT2D eigenvalue weighted by Gasteiger charge is -2.11. The molecule has 0 unspecified atom stereocenters. The van der Waals surface area contributed by atoms with Gasteiger partial charge in [0.05, 0.1) is 17.6 Å². The number of rotatable bonds is 6. The standard InChI is InChI=1S/C13H17N5O2S/c1-8(2)6-18-12(10-5-14-9(3)4-15-10)16-17-13(18)21-7-11(19)20/h4-5,8H,6-7H2,1-3H3,(H,19,20). The third-order valence-electron chi connectivity index (χ3n) is 2.60. The van der Waals surface area contributed by atoms with Crippen LogP contribution < -0.4 is 0 Å². The van der Waals surface area contributed by atoms with Gasteiger partial charge in [0.15, 0.2) is 11.0 Å². The quantitative estimate of drug-likeness (QED) is 0.814. The molecular weight excluding hydrogens is 290 g/mol. The van der Waals surface area contributed by atoms with Crippen molar-refractivity contribution < 1.29 is 9.90 Å². The van der Waals surface area contributed by atoms with Gasteiger partial charge in [-0.05, 0) is 12.8 Å². The fourth-order valence-corrected chi connectivity index (χ4v) is 2.42. The zero-order chi connectivity index (χ0) is 15.4. The Morgan fingerprint density at radius 2 is 2.10 bits per heavy atom. The van der Waals surface area contributed by atoms with Gasteiger partial charge >= 0.3 is 5.97 Å². The summed E-state index contributed by atoms with van der Waals surface area (Å²) in [6.07, 6.45) is 3.33. The molecule has 0 aliphatic carbocycles. The second kappa shape index (κ2) is 6.66. The Balaban J connectivity index is 2.35. The summed E-state index contributed by atoms with van der Waals surface area (Å²) in [5, 5.41) is 17.6. The van der Waals surface area contributed by atoms with E-state index in [9.17, 15) is 4.79 Å². The van der Waals surface area contributed by atoms with Gasteiger partial charge in [-0.15, -0.1) is 10.2 Å². The van der Waals surface area contributed by atoms with E-state index in [2.05, 4.69) is 34.0 Å². The number of aryl methyl sites for hydroxylation is 1. The summed E-state index contributed by atoms with van der Waals surface area (Å²) in [5.41, 5.74) is 1.46. The summed E-state index contributed by atoms with van der Waals surface area (Å²) in [4.78, 5) is 19.2. The molecule has 0 aromatic carbocycles. The number of carboxylic acids is 1. The van der Waals surface area contributed by atoms with Gasteiger partial charge in [0.2, 0.25) is 0 Å². The van der Waals surface area contributed by atoms with Crippen molar-refractivity contribution in [2.75, 3.05) is 5.75 Å². The van der Waals surface area contributed by atoms with Crippen LogP contribution in [0, 0.1) is 12.8 Å². The molecule has 7 nitrogen and oxygen atoms in total. The molecule has 0 aliphatic rings. The average Bonchev–Trinajstić information content (AvgIpc) is 2.79. The number of hydrogen-bond acceptors (Lipinski definition) is 6. The van der Waals surface area contributed by atoms with Crippen molar-refractivity contribution in [1.29, 1.82) is 0 Å². The van der Waals surface area contributed by atoms with E-state index in [0.29, 0.717) is 29.1 Å². The highest BCUT2D eigenvalue weighted by Crippen LogP contribution is 2.23. The van der Waals surface area contributed by atoms with Crippen molar-refractivity contribution in [1.82, 2.24) is 24.7 Å². The SMILES string of the molecule is Cc1cnc(-c2nnc(SCC(=O)O)n2CC(C)C)cn1. The summed E-state index contributed by atoms with van der Waals surface area (Å²) in [5.74, 6) is 0.0673. The lowest BCUT2D eigenvalue weighted by atomic mass is 10.2. The number of thioether (sulfide) groups is 1. The molecule has 0 fully saturated rings. The number of hydrogen-bond donors (Lipinski definition) is 1. The maximum absolute atomic E-state index is 10.7. The van der Waals surface area contributed by atoms with Crippen LogP contribution in [-0.4, -0.2) is 41.6 Å². The van der Waals surface area contributed by atoms with Crippen LogP contribution in [0.25, 0.3) is 11.5 Å². The molecule has 2 aromatic heterocycles. The highest BCUT2D eigenvalue weighted by molar-refractivity contribution is 7.99. The minimum atomic E-state index is -0.879. The Morgan fingerprint density at radius 1 is 1.33 bits per heavy atom. The zero-order valence-corrected chi connectivity index (χ0v) is 13.0. The lowest BCUT2D eigenvalue weighted by Crippen LogP contribution is -2.09. The van der Waals surface area contributed by atoms with Crippen molar-refractivity contribution in [3.8, 4) is 11.5 Å². The Kier molecular flexibility index (Phi) is 4.89. The second-order valence-electron chi connectivity index (χ2n) is 5.04. The number of carbonyl (C=O) groups is 1. The minimum Gasteiger partial charge on any atom is -0.481 e. The molecule has 21 heavy (non-hydrogen) atoms. The van der Waals surface area contributed by atoms with E-state index in [1.165, 1.54) is 0 Å². The van der Waals surface area contributed by atoms with Crippen LogP contribution in [0.3, 0.4) is 0 Å². The number of aliphatic carboxylic acids is 1. The smallest absolute Gasteiger partial charge is 0.313 e. The van der Waals surface area contributed by atoms with Crippen molar-refractivity contribution in [2.24, 2.45) is 5.92 Å². The van der Waals surface area contributed by atoms with E-state index in [1.807, 2.05) is 11.5 Å². The third kappa shape index (κ3) is 4.01. The maximum Gasteiger partial charge on any atom is 0.313 e. The second-order valence-corrected chi connectivity index (χ2v) is 5.98. The molecule has 0 spiro atoms. The Labute approximate surface area is 126 Å². The van der Waals surface area contributed by atoms with Crippen LogP contribution in [0.2, 0.25) is 0 Å². The summed E-state index contributed by atoms with van der Waals surface area (Å²) in [6, 6.07) is 0. The van der Waals surface area contributed by atoms with Gasteiger partial charge in [-0.3, -0.25) is 9.78 Å². The predicted molar refractivity (Wildman–Crippen MR) is 79.0 cm³/mol. The van der Waals surface area contributed by atoms with Crippen molar-refractivity contribution in [2.45, 2.75) is 32.5 Å². The van der Waals surface area contributed by atoms with E-state index in [1.54, 1.807) is 12.4 Å². The molecule has 2 heterocycles. The monoisotopic (exact) mass is 307 g/mol. The predicted octanol–water partition coefficient (Wildman–Crippen LogP) is 1.88. The summed E-state index contributed by atoms with van der Waals surface area (Å²) >= 11 is 1.16. The van der Waals surface area contributed by atoms with Gasteiger partial charge in [0, 0.05) is 12.7 Å². The van der Waals surface area contributed by atoms with Crippen LogP contribution in [-0.2, 0) is 11.3 Å². The average molecular weight is 307 g/mol. The van der Waals surface area contributed by atoms with E-state index >= 15 is 0 Å². The fourth-order valence-electron chi connectivity index (χ4n) is 1.75. The van der Waals surface area contributed by atoms with Gasteiger partial charge in [0.25, 0.3) is 0 Å². The number of nitrogens with zero attached hydrogens (tertiary/aromatic N) is 5. The van der Waals surface area contributed by atoms with Crippen molar-refractivity contribution >= 4 is 17.7 Å². The first-order valence-electron chi connectivity index (χ1n) is 6.54. The molecule has 8 heteroatoms. The van der Waals surface area contributed by atoms with Gasteiger partial charge in [-0.1, -0.05) is 25.6 Å². The molecule has 0 bridgehead atoms. The number of aromatic nitrogens is 5. The Morgan fingerprint density at radius 3 is 2.67 bits per heavy atom. The molecule has 0 atom stereocenters. The topological polar surface area (TPSA) is 93.8 Å². The van der Waals surface area contributed by atoms with Gasteiger partial charge in [0.1, 0.15) is 5.69 Å². The van der Waals surface area contributed by atoms with Crippen LogP contribution >= 0.6 is 11.8 Å². The van der Waals surface area contributed by atoms with E-state index in [0.717, 1.165) is 17.5 Å². The first kappa shape index (κ1) is 15.4. The molecule has 0 aliphatic heterocycles. The molecule has 0 saturated heterocycles. The molecule has 0 amide bonds. The first-order valence-corrected chi connectivity index (χ1v) is 7.52. The zero-order valence-electron chi connectivity index (χ0n) is 12.1. The molecule has 1 N–H and O–H groups in total. The summed E-state index contributed by atoms with van der Waals surface area (Å²) in [7, 11) is 0. The van der Waals surface area contributed by atoms with Crippen LogP contribution in [0.4, 0.5) is 0 Å². The molecule has 0 saturated carbocycles. The first-order chi connectivity index (χ1) is 9.97. The van der Waals surface area contributed by atoms with Crippen molar-refractivity contribution in [3.63, 3.8) is 0 Å². The van der Waals surface area contributed by atoms with E-state index < -0.39 is 5.97 Å².